The molecule has 0 bridgehead atoms. The topological polar surface area (TPSA) is 69.6 Å². The van der Waals surface area contributed by atoms with Gasteiger partial charge in [0.05, 0.1) is 11.6 Å². The lowest BCUT2D eigenvalue weighted by Gasteiger charge is -2.20. The minimum Gasteiger partial charge on any atom is -0.480 e. The van der Waals surface area contributed by atoms with E-state index in [2.05, 4.69) is 5.32 Å². The van der Waals surface area contributed by atoms with E-state index in [-0.39, 0.29) is 5.91 Å². The number of carboxylic acid groups (broad SMARTS) is 1. The van der Waals surface area contributed by atoms with Gasteiger partial charge >= 0.3 is 5.97 Å². The molecule has 2 atom stereocenters. The molecule has 2 unspecified atom stereocenters. The Bertz CT molecular complexity index is 452. The Labute approximate surface area is 109 Å². The molecule has 1 aromatic carbocycles. The molecule has 1 saturated heterocycles. The first-order chi connectivity index (χ1) is 8.61. The van der Waals surface area contributed by atoms with Gasteiger partial charge in [0.25, 0.3) is 0 Å². The van der Waals surface area contributed by atoms with Crippen LogP contribution in [0.3, 0.4) is 0 Å². The lowest BCUT2D eigenvalue weighted by Crippen LogP contribution is -2.42. The first-order valence-corrected chi connectivity index (χ1v) is 5.96. The van der Waals surface area contributed by atoms with Crippen molar-refractivity contribution in [2.75, 3.05) is 11.0 Å². The maximum absolute atomic E-state index is 12.2. The third-order valence-corrected chi connectivity index (χ3v) is 3.34. The van der Waals surface area contributed by atoms with E-state index in [1.54, 1.807) is 24.3 Å². The Hall–Kier alpha value is -1.59. The number of anilines is 1. The SMILES string of the molecule is O=C(O)C1NCCC1C(=O)N(Cl)c1ccccc1. The van der Waals surface area contributed by atoms with Gasteiger partial charge in [-0.3, -0.25) is 9.59 Å². The van der Waals surface area contributed by atoms with Gasteiger partial charge < -0.3 is 10.4 Å². The highest BCUT2D eigenvalue weighted by molar-refractivity contribution is 6.37. The molecule has 0 aromatic heterocycles. The Kier molecular flexibility index (Phi) is 3.84. The second kappa shape index (κ2) is 5.37. The maximum atomic E-state index is 12.2. The number of amides is 1. The van der Waals surface area contributed by atoms with Crippen molar-refractivity contribution in [1.29, 1.82) is 0 Å². The fraction of sp³-hybridized carbons (Fsp3) is 0.333. The average Bonchev–Trinajstić information content (AvgIpc) is 2.87. The van der Waals surface area contributed by atoms with E-state index in [0.29, 0.717) is 18.7 Å². The molecule has 1 aliphatic heterocycles. The molecule has 0 aliphatic carbocycles. The van der Waals surface area contributed by atoms with Gasteiger partial charge in [0, 0.05) is 11.8 Å². The molecule has 96 valence electrons. The predicted molar refractivity (Wildman–Crippen MR) is 67.3 cm³/mol. The number of carbonyl (C=O) groups excluding carboxylic acids is 1. The normalized spacial score (nSPS) is 22.7. The Morgan fingerprint density at radius 3 is 2.61 bits per heavy atom. The maximum Gasteiger partial charge on any atom is 0.321 e. The molecular formula is C12H13ClN2O3. The lowest BCUT2D eigenvalue weighted by molar-refractivity contribution is -0.142. The van der Waals surface area contributed by atoms with Gasteiger partial charge in [0.2, 0.25) is 5.91 Å². The smallest absolute Gasteiger partial charge is 0.321 e. The fourth-order valence-corrected chi connectivity index (χ4v) is 2.30. The summed E-state index contributed by atoms with van der Waals surface area (Å²) in [4.78, 5) is 23.2. The van der Waals surface area contributed by atoms with Gasteiger partial charge in [-0.05, 0) is 25.1 Å². The highest BCUT2D eigenvalue weighted by atomic mass is 35.5. The third kappa shape index (κ3) is 2.47. The third-order valence-electron chi connectivity index (χ3n) is 2.98. The van der Waals surface area contributed by atoms with Crippen LogP contribution < -0.4 is 9.74 Å². The molecule has 1 amide bonds. The standard InChI is InChI=1S/C12H13ClN2O3/c13-15(8-4-2-1-3-5-8)11(16)9-6-7-14-10(9)12(17)18/h1-5,9-10,14H,6-7H2,(H,17,18). The van der Waals surface area contributed by atoms with Gasteiger partial charge in [-0.15, -0.1) is 0 Å². The van der Waals surface area contributed by atoms with Crippen LogP contribution in [0.2, 0.25) is 0 Å². The van der Waals surface area contributed by atoms with Crippen molar-refractivity contribution in [2.45, 2.75) is 12.5 Å². The lowest BCUT2D eigenvalue weighted by atomic mass is 10.00. The average molecular weight is 269 g/mol. The molecular weight excluding hydrogens is 256 g/mol. The number of rotatable bonds is 3. The minimum absolute atomic E-state index is 0.389. The quantitative estimate of drug-likeness (QED) is 0.809. The van der Waals surface area contributed by atoms with Gasteiger partial charge in [0.15, 0.2) is 0 Å². The monoisotopic (exact) mass is 268 g/mol. The van der Waals surface area contributed by atoms with Gasteiger partial charge in [0.1, 0.15) is 6.04 Å². The van der Waals surface area contributed by atoms with Crippen LogP contribution in [0.25, 0.3) is 0 Å². The summed E-state index contributed by atoms with van der Waals surface area (Å²) >= 11 is 5.97. The number of aliphatic carboxylic acids is 1. The first kappa shape index (κ1) is 12.9. The van der Waals surface area contributed by atoms with Crippen LogP contribution in [0.1, 0.15) is 6.42 Å². The second-order valence-corrected chi connectivity index (χ2v) is 4.46. The molecule has 6 heteroatoms. The van der Waals surface area contributed by atoms with Crippen molar-refractivity contribution in [3.8, 4) is 0 Å². The molecule has 0 radical (unpaired) electrons. The number of halogens is 1. The largest absolute Gasteiger partial charge is 0.480 e. The van der Waals surface area contributed by atoms with E-state index in [4.69, 9.17) is 16.9 Å². The van der Waals surface area contributed by atoms with Gasteiger partial charge in [-0.25, -0.2) is 4.42 Å². The molecule has 5 nitrogen and oxygen atoms in total. The zero-order valence-electron chi connectivity index (χ0n) is 9.54. The minimum atomic E-state index is -1.02. The van der Waals surface area contributed by atoms with Crippen LogP contribution in [0.5, 0.6) is 0 Å². The van der Waals surface area contributed by atoms with E-state index in [0.717, 1.165) is 4.42 Å². The Morgan fingerprint density at radius 1 is 1.33 bits per heavy atom. The molecule has 18 heavy (non-hydrogen) atoms. The summed E-state index contributed by atoms with van der Waals surface area (Å²) in [5, 5.41) is 11.8. The van der Waals surface area contributed by atoms with E-state index in [9.17, 15) is 9.59 Å². The van der Waals surface area contributed by atoms with E-state index >= 15 is 0 Å². The van der Waals surface area contributed by atoms with E-state index in [1.807, 2.05) is 6.07 Å². The number of hydrogen-bond acceptors (Lipinski definition) is 3. The fourth-order valence-electron chi connectivity index (χ4n) is 2.06. The van der Waals surface area contributed by atoms with Crippen molar-refractivity contribution in [3.05, 3.63) is 30.3 Å². The van der Waals surface area contributed by atoms with Crippen molar-refractivity contribution < 1.29 is 14.7 Å². The summed E-state index contributed by atoms with van der Waals surface area (Å²) in [6, 6.07) is 7.88. The van der Waals surface area contributed by atoms with Gasteiger partial charge in [-0.2, -0.15) is 0 Å². The number of para-hydroxylation sites is 1. The molecule has 1 fully saturated rings. The van der Waals surface area contributed by atoms with Crippen molar-refractivity contribution in [1.82, 2.24) is 5.32 Å². The van der Waals surface area contributed by atoms with Crippen molar-refractivity contribution in [3.63, 3.8) is 0 Å². The predicted octanol–water partition coefficient (Wildman–Crippen LogP) is 1.24. The van der Waals surface area contributed by atoms with E-state index in [1.165, 1.54) is 0 Å². The molecule has 1 aliphatic rings. The number of nitrogens with one attached hydrogen (secondary N) is 1. The van der Waals surface area contributed by atoms with Crippen molar-refractivity contribution >= 4 is 29.3 Å². The zero-order valence-corrected chi connectivity index (χ0v) is 10.3. The summed E-state index contributed by atoms with van der Waals surface area (Å²) in [7, 11) is 0. The molecule has 1 aromatic rings. The number of nitrogens with zero attached hydrogens (tertiary/aromatic N) is 1. The van der Waals surface area contributed by atoms with Crippen LogP contribution >= 0.6 is 11.8 Å². The highest BCUT2D eigenvalue weighted by Gasteiger charge is 2.39. The molecule has 2 rings (SSSR count). The van der Waals surface area contributed by atoms with Crippen LogP contribution in [0.15, 0.2) is 30.3 Å². The van der Waals surface area contributed by atoms with E-state index < -0.39 is 17.9 Å². The van der Waals surface area contributed by atoms with Crippen LogP contribution in [-0.2, 0) is 9.59 Å². The zero-order chi connectivity index (χ0) is 13.1. The Morgan fingerprint density at radius 2 is 2.00 bits per heavy atom. The number of carbonyl (C=O) groups is 2. The van der Waals surface area contributed by atoms with Gasteiger partial charge in [-0.1, -0.05) is 18.2 Å². The van der Waals surface area contributed by atoms with Crippen LogP contribution in [0.4, 0.5) is 5.69 Å². The number of benzene rings is 1. The van der Waals surface area contributed by atoms with Crippen LogP contribution in [0, 0.1) is 5.92 Å². The van der Waals surface area contributed by atoms with Crippen molar-refractivity contribution in [2.24, 2.45) is 5.92 Å². The summed E-state index contributed by atoms with van der Waals surface area (Å²) in [5.74, 6) is -2.04. The number of carboxylic acids is 1. The molecule has 1 heterocycles. The first-order valence-electron chi connectivity index (χ1n) is 5.62. The summed E-state index contributed by atoms with van der Waals surface area (Å²) in [6.07, 6.45) is 0.478. The second-order valence-electron chi connectivity index (χ2n) is 4.12. The summed E-state index contributed by atoms with van der Waals surface area (Å²) in [6.45, 7) is 0.507. The molecule has 0 spiro atoms. The molecule has 2 N–H and O–H groups in total. The summed E-state index contributed by atoms with van der Waals surface area (Å²) in [5.41, 5.74) is 0.542. The Balaban J connectivity index is 2.14. The van der Waals surface area contributed by atoms with Crippen LogP contribution in [-0.4, -0.2) is 29.6 Å². The highest BCUT2D eigenvalue weighted by Crippen LogP contribution is 2.24. The molecule has 0 saturated carbocycles. The number of hydrogen-bond donors (Lipinski definition) is 2. The summed E-state index contributed by atoms with van der Waals surface area (Å²) < 4.78 is 0.994.